The number of thiazole rings is 1. The number of fused-ring (bicyclic) bond motifs is 1. The fraction of sp³-hybridized carbons (Fsp3) is 0.652. The third kappa shape index (κ3) is 6.49. The average molecular weight is 466 g/mol. The number of carbonyl (C=O) groups excluding carboxylic acids is 1. The van der Waals surface area contributed by atoms with Crippen LogP contribution in [-0.2, 0) is 14.8 Å². The third-order valence-corrected chi connectivity index (χ3v) is 8.79. The monoisotopic (exact) mass is 465 g/mol. The molecule has 0 spiro atoms. The van der Waals surface area contributed by atoms with Gasteiger partial charge < -0.3 is 5.32 Å². The smallest absolute Gasteiger partial charge is 0.243 e. The highest BCUT2D eigenvalue weighted by Gasteiger charge is 2.24. The Labute approximate surface area is 190 Å². The number of unbranched alkanes of at least 4 members (excludes halogenated alkanes) is 2. The second kappa shape index (κ2) is 11.4. The lowest BCUT2D eigenvalue weighted by atomic mass is 9.87. The van der Waals surface area contributed by atoms with Gasteiger partial charge in [0.1, 0.15) is 0 Å². The van der Waals surface area contributed by atoms with Crippen LogP contribution in [0.4, 0.5) is 5.13 Å². The number of nitrogens with one attached hydrogen (secondary N) is 1. The number of sulfonamides is 1. The van der Waals surface area contributed by atoms with E-state index in [1.165, 1.54) is 30.6 Å². The number of benzene rings is 1. The first-order valence-corrected chi connectivity index (χ1v) is 13.9. The summed E-state index contributed by atoms with van der Waals surface area (Å²) in [5, 5.41) is 3.46. The molecule has 1 aliphatic carbocycles. The van der Waals surface area contributed by atoms with Crippen molar-refractivity contribution in [2.45, 2.75) is 83.0 Å². The molecular weight excluding hydrogens is 430 g/mol. The lowest BCUT2D eigenvalue weighted by Gasteiger charge is -2.21. The molecule has 1 saturated carbocycles. The summed E-state index contributed by atoms with van der Waals surface area (Å²) in [5.41, 5.74) is 0.714. The summed E-state index contributed by atoms with van der Waals surface area (Å²) in [7, 11) is -3.55. The maximum absolute atomic E-state index is 13.2. The minimum Gasteiger partial charge on any atom is -0.302 e. The zero-order valence-corrected chi connectivity index (χ0v) is 20.4. The standard InChI is InChI=1S/C23H35N3O3S2/c1-3-5-14-26(15-6-4-2)31(28,29)19-12-13-20-21(17-19)30-23(24-20)25-22(27)16-18-10-8-7-9-11-18/h12-13,17-18H,3-11,14-16H2,1-2H3,(H,24,25,27). The summed E-state index contributed by atoms with van der Waals surface area (Å²) in [4.78, 5) is 17.2. The van der Waals surface area contributed by atoms with Gasteiger partial charge in [-0.1, -0.05) is 57.3 Å². The second-order valence-electron chi connectivity index (χ2n) is 8.52. The van der Waals surface area contributed by atoms with Gasteiger partial charge in [-0.2, -0.15) is 4.31 Å². The predicted molar refractivity (Wildman–Crippen MR) is 128 cm³/mol. The van der Waals surface area contributed by atoms with Gasteiger partial charge >= 0.3 is 0 Å². The molecule has 0 saturated heterocycles. The molecule has 3 rings (SSSR count). The van der Waals surface area contributed by atoms with Crippen molar-refractivity contribution in [3.63, 3.8) is 0 Å². The Balaban J connectivity index is 1.73. The minimum absolute atomic E-state index is 0.00380. The van der Waals surface area contributed by atoms with Gasteiger partial charge in [-0.15, -0.1) is 0 Å². The Morgan fingerprint density at radius 2 is 1.81 bits per heavy atom. The molecule has 0 bridgehead atoms. The van der Waals surface area contributed by atoms with Crippen LogP contribution in [0.5, 0.6) is 0 Å². The summed E-state index contributed by atoms with van der Waals surface area (Å²) < 4.78 is 28.9. The number of anilines is 1. The van der Waals surface area contributed by atoms with E-state index in [1.807, 2.05) is 0 Å². The lowest BCUT2D eigenvalue weighted by Crippen LogP contribution is -2.33. The fourth-order valence-electron chi connectivity index (χ4n) is 4.11. The van der Waals surface area contributed by atoms with Gasteiger partial charge in [0.2, 0.25) is 15.9 Å². The molecule has 1 aromatic heterocycles. The first-order chi connectivity index (χ1) is 14.9. The Morgan fingerprint density at radius 1 is 1.13 bits per heavy atom. The van der Waals surface area contributed by atoms with Crippen LogP contribution in [0.2, 0.25) is 0 Å². The second-order valence-corrected chi connectivity index (χ2v) is 11.5. The van der Waals surface area contributed by atoms with Gasteiger partial charge in [-0.25, -0.2) is 13.4 Å². The maximum Gasteiger partial charge on any atom is 0.243 e. The largest absolute Gasteiger partial charge is 0.302 e. The molecule has 1 aromatic carbocycles. The van der Waals surface area contributed by atoms with Crippen LogP contribution in [0.25, 0.3) is 10.2 Å². The highest BCUT2D eigenvalue weighted by molar-refractivity contribution is 7.89. The molecule has 8 heteroatoms. The molecule has 31 heavy (non-hydrogen) atoms. The highest BCUT2D eigenvalue weighted by Crippen LogP contribution is 2.31. The topological polar surface area (TPSA) is 79.4 Å². The van der Waals surface area contributed by atoms with Crippen LogP contribution < -0.4 is 5.32 Å². The summed E-state index contributed by atoms with van der Waals surface area (Å²) in [6.07, 6.45) is 10.1. The first kappa shape index (κ1) is 24.1. The van der Waals surface area contributed by atoms with Gasteiger partial charge in [0.15, 0.2) is 5.13 Å². The van der Waals surface area contributed by atoms with Crippen LogP contribution >= 0.6 is 11.3 Å². The number of rotatable bonds is 11. The van der Waals surface area contributed by atoms with E-state index in [1.54, 1.807) is 22.5 Å². The predicted octanol–water partition coefficient (Wildman–Crippen LogP) is 5.80. The molecule has 0 radical (unpaired) electrons. The maximum atomic E-state index is 13.2. The van der Waals surface area contributed by atoms with Crippen LogP contribution in [0.3, 0.4) is 0 Å². The van der Waals surface area contributed by atoms with Gasteiger partial charge in [0.25, 0.3) is 0 Å². The molecule has 0 aliphatic heterocycles. The van der Waals surface area contributed by atoms with Crippen molar-refractivity contribution in [3.8, 4) is 0 Å². The summed E-state index contributed by atoms with van der Waals surface area (Å²) in [5.74, 6) is 0.473. The molecule has 2 aromatic rings. The quantitative estimate of drug-likeness (QED) is 0.455. The van der Waals surface area contributed by atoms with E-state index in [9.17, 15) is 13.2 Å². The normalized spacial score (nSPS) is 15.6. The van der Waals surface area contributed by atoms with Crippen LogP contribution in [0.1, 0.15) is 78.1 Å². The zero-order valence-electron chi connectivity index (χ0n) is 18.7. The van der Waals surface area contributed by atoms with E-state index in [-0.39, 0.29) is 5.91 Å². The molecular formula is C23H35N3O3S2. The van der Waals surface area contributed by atoms with E-state index >= 15 is 0 Å². The van der Waals surface area contributed by atoms with E-state index in [2.05, 4.69) is 24.1 Å². The summed E-state index contributed by atoms with van der Waals surface area (Å²) >= 11 is 1.34. The van der Waals surface area contributed by atoms with E-state index in [0.717, 1.165) is 43.2 Å². The number of nitrogens with zero attached hydrogens (tertiary/aromatic N) is 2. The molecule has 6 nitrogen and oxygen atoms in total. The lowest BCUT2D eigenvalue weighted by molar-refractivity contribution is -0.117. The third-order valence-electron chi connectivity index (χ3n) is 5.96. The molecule has 0 unspecified atom stereocenters. The van der Waals surface area contributed by atoms with Gasteiger partial charge in [-0.3, -0.25) is 4.79 Å². The highest BCUT2D eigenvalue weighted by atomic mass is 32.2. The molecule has 1 fully saturated rings. The summed E-state index contributed by atoms with van der Waals surface area (Å²) in [6.45, 7) is 5.22. The van der Waals surface area contributed by atoms with Crippen molar-refractivity contribution >= 4 is 42.6 Å². The molecule has 1 N–H and O–H groups in total. The number of hydrogen-bond acceptors (Lipinski definition) is 5. The number of aromatic nitrogens is 1. The van der Waals surface area contributed by atoms with Crippen molar-refractivity contribution in [1.29, 1.82) is 0 Å². The first-order valence-electron chi connectivity index (χ1n) is 11.6. The summed E-state index contributed by atoms with van der Waals surface area (Å²) in [6, 6.07) is 5.08. The van der Waals surface area contributed by atoms with Gasteiger partial charge in [0, 0.05) is 19.5 Å². The number of hydrogen-bond donors (Lipinski definition) is 1. The van der Waals surface area contributed by atoms with Crippen LogP contribution in [-0.4, -0.2) is 36.7 Å². The molecule has 1 heterocycles. The van der Waals surface area contributed by atoms with Crippen molar-refractivity contribution < 1.29 is 13.2 Å². The van der Waals surface area contributed by atoms with Crippen LogP contribution in [0.15, 0.2) is 23.1 Å². The zero-order chi connectivity index (χ0) is 22.3. The Bertz CT molecular complexity index is 958. The van der Waals surface area contributed by atoms with Crippen molar-refractivity contribution in [2.75, 3.05) is 18.4 Å². The van der Waals surface area contributed by atoms with Crippen molar-refractivity contribution in [3.05, 3.63) is 18.2 Å². The molecule has 1 amide bonds. The number of carbonyl (C=O) groups is 1. The molecule has 0 atom stereocenters. The average Bonchev–Trinajstić information content (AvgIpc) is 3.15. The van der Waals surface area contributed by atoms with Crippen LogP contribution in [0, 0.1) is 5.92 Å². The van der Waals surface area contributed by atoms with Gasteiger partial charge in [0.05, 0.1) is 15.1 Å². The number of amides is 1. The molecule has 172 valence electrons. The fourth-order valence-corrected chi connectivity index (χ4v) is 6.65. The van der Waals surface area contributed by atoms with Gasteiger partial charge in [-0.05, 0) is 49.8 Å². The van der Waals surface area contributed by atoms with Crippen molar-refractivity contribution in [1.82, 2.24) is 9.29 Å². The van der Waals surface area contributed by atoms with E-state index < -0.39 is 10.0 Å². The van der Waals surface area contributed by atoms with E-state index in [4.69, 9.17) is 0 Å². The Kier molecular flexibility index (Phi) is 8.86. The minimum atomic E-state index is -3.55. The SMILES string of the molecule is CCCCN(CCCC)S(=O)(=O)c1ccc2nc(NC(=O)CC3CCCCC3)sc2c1. The Hall–Kier alpha value is -1.51. The molecule has 1 aliphatic rings. The Morgan fingerprint density at radius 3 is 2.45 bits per heavy atom. The van der Waals surface area contributed by atoms with E-state index in [0.29, 0.717) is 41.0 Å². The van der Waals surface area contributed by atoms with Crippen molar-refractivity contribution in [2.24, 2.45) is 5.92 Å².